The fourth-order valence-electron chi connectivity index (χ4n) is 3.68. The molecule has 6 heteroatoms. The SMILES string of the molecule is CC(O)C1CCN(C(=O)NCC2CCN(Cc3cccs3)CC2)C1. The predicted octanol–water partition coefficient (Wildman–Crippen LogP) is 2.37. The molecule has 2 aliphatic heterocycles. The number of thiophene rings is 1. The van der Waals surface area contributed by atoms with E-state index in [0.29, 0.717) is 12.5 Å². The van der Waals surface area contributed by atoms with Gasteiger partial charge in [0.25, 0.3) is 0 Å². The summed E-state index contributed by atoms with van der Waals surface area (Å²) in [6.45, 7) is 7.34. The molecule has 2 fully saturated rings. The number of hydrogen-bond acceptors (Lipinski definition) is 4. The second-order valence-corrected chi connectivity index (χ2v) is 8.25. The zero-order valence-corrected chi connectivity index (χ0v) is 15.3. The third-order valence-electron chi connectivity index (χ3n) is 5.40. The zero-order chi connectivity index (χ0) is 16.9. The van der Waals surface area contributed by atoms with Crippen LogP contribution in [0, 0.1) is 11.8 Å². The molecule has 24 heavy (non-hydrogen) atoms. The molecule has 2 aliphatic rings. The Kier molecular flexibility index (Phi) is 6.14. The fourth-order valence-corrected chi connectivity index (χ4v) is 4.43. The van der Waals surface area contributed by atoms with E-state index in [1.807, 2.05) is 23.2 Å². The lowest BCUT2D eigenvalue weighted by Gasteiger charge is -2.32. The van der Waals surface area contributed by atoms with Crippen molar-refractivity contribution in [2.75, 3.05) is 32.7 Å². The lowest BCUT2D eigenvalue weighted by atomic mass is 9.97. The summed E-state index contributed by atoms with van der Waals surface area (Å²) in [7, 11) is 0. The molecule has 2 N–H and O–H groups in total. The molecule has 5 nitrogen and oxygen atoms in total. The maximum Gasteiger partial charge on any atom is 0.317 e. The number of nitrogens with one attached hydrogen (secondary N) is 1. The van der Waals surface area contributed by atoms with Crippen LogP contribution in [-0.2, 0) is 6.54 Å². The minimum atomic E-state index is -0.324. The molecule has 2 unspecified atom stereocenters. The van der Waals surface area contributed by atoms with E-state index in [-0.39, 0.29) is 18.1 Å². The predicted molar refractivity (Wildman–Crippen MR) is 97.1 cm³/mol. The van der Waals surface area contributed by atoms with Crippen molar-refractivity contribution in [2.24, 2.45) is 11.8 Å². The molecule has 0 saturated carbocycles. The van der Waals surface area contributed by atoms with Crippen LogP contribution in [0.3, 0.4) is 0 Å². The van der Waals surface area contributed by atoms with Crippen molar-refractivity contribution < 1.29 is 9.90 Å². The lowest BCUT2D eigenvalue weighted by Crippen LogP contribution is -2.43. The third kappa shape index (κ3) is 4.71. The molecule has 2 atom stereocenters. The first-order chi connectivity index (χ1) is 11.6. The van der Waals surface area contributed by atoms with E-state index < -0.39 is 0 Å². The minimum Gasteiger partial charge on any atom is -0.393 e. The highest BCUT2D eigenvalue weighted by molar-refractivity contribution is 7.09. The number of rotatable bonds is 5. The first-order valence-electron chi connectivity index (χ1n) is 9.07. The number of carbonyl (C=O) groups excluding carboxylic acids is 1. The summed E-state index contributed by atoms with van der Waals surface area (Å²) in [4.78, 5) is 18.1. The van der Waals surface area contributed by atoms with Crippen LogP contribution in [0.1, 0.15) is 31.1 Å². The molecule has 134 valence electrons. The van der Waals surface area contributed by atoms with Gasteiger partial charge < -0.3 is 15.3 Å². The van der Waals surface area contributed by atoms with Gasteiger partial charge in [0.2, 0.25) is 0 Å². The number of urea groups is 1. The van der Waals surface area contributed by atoms with Gasteiger partial charge in [-0.15, -0.1) is 11.3 Å². The van der Waals surface area contributed by atoms with E-state index in [4.69, 9.17) is 0 Å². The van der Waals surface area contributed by atoms with Crippen LogP contribution in [0.25, 0.3) is 0 Å². The largest absolute Gasteiger partial charge is 0.393 e. The summed E-state index contributed by atoms with van der Waals surface area (Å²) >= 11 is 1.83. The normalized spacial score (nSPS) is 24.2. The average molecular weight is 352 g/mol. The fraction of sp³-hybridized carbons (Fsp3) is 0.722. The summed E-state index contributed by atoms with van der Waals surface area (Å²) in [5.74, 6) is 0.819. The first kappa shape index (κ1) is 17.7. The lowest BCUT2D eigenvalue weighted by molar-refractivity contribution is 0.128. The summed E-state index contributed by atoms with van der Waals surface area (Å²) < 4.78 is 0. The van der Waals surface area contributed by atoms with Crippen LogP contribution in [0.2, 0.25) is 0 Å². The number of carbonyl (C=O) groups is 1. The molecule has 3 heterocycles. The number of aliphatic hydroxyl groups is 1. The van der Waals surface area contributed by atoms with Gasteiger partial charge in [-0.05, 0) is 56.6 Å². The molecule has 0 aliphatic carbocycles. The smallest absolute Gasteiger partial charge is 0.317 e. The van der Waals surface area contributed by atoms with Crippen molar-refractivity contribution >= 4 is 17.4 Å². The van der Waals surface area contributed by atoms with Crippen molar-refractivity contribution in [1.29, 1.82) is 0 Å². The molecule has 0 aromatic carbocycles. The maximum atomic E-state index is 12.3. The van der Waals surface area contributed by atoms with Crippen LogP contribution in [-0.4, -0.2) is 59.8 Å². The highest BCUT2D eigenvalue weighted by atomic mass is 32.1. The van der Waals surface area contributed by atoms with Gasteiger partial charge in [0, 0.05) is 37.0 Å². The average Bonchev–Trinajstić information content (AvgIpc) is 3.25. The van der Waals surface area contributed by atoms with Gasteiger partial charge in [-0.3, -0.25) is 4.90 Å². The molecule has 0 bridgehead atoms. The van der Waals surface area contributed by atoms with Crippen molar-refractivity contribution in [3.63, 3.8) is 0 Å². The highest BCUT2D eigenvalue weighted by Crippen LogP contribution is 2.21. The van der Waals surface area contributed by atoms with Gasteiger partial charge in [-0.25, -0.2) is 4.79 Å². The second kappa shape index (κ2) is 8.32. The van der Waals surface area contributed by atoms with E-state index in [9.17, 15) is 9.90 Å². The number of likely N-dealkylation sites (tertiary alicyclic amines) is 2. The third-order valence-corrected chi connectivity index (χ3v) is 6.26. The van der Waals surface area contributed by atoms with Gasteiger partial charge in [0.05, 0.1) is 6.10 Å². The Morgan fingerprint density at radius 1 is 1.38 bits per heavy atom. The molecule has 2 amide bonds. The molecule has 3 rings (SSSR count). The number of hydrogen-bond donors (Lipinski definition) is 2. The molecule has 1 aromatic rings. The molecular weight excluding hydrogens is 322 g/mol. The maximum absolute atomic E-state index is 12.3. The Morgan fingerprint density at radius 2 is 2.17 bits per heavy atom. The topological polar surface area (TPSA) is 55.8 Å². The Morgan fingerprint density at radius 3 is 2.79 bits per heavy atom. The van der Waals surface area contributed by atoms with Gasteiger partial charge in [0.1, 0.15) is 0 Å². The summed E-state index contributed by atoms with van der Waals surface area (Å²) in [5, 5.41) is 14.9. The van der Waals surface area contributed by atoms with Gasteiger partial charge in [-0.1, -0.05) is 6.07 Å². The van der Waals surface area contributed by atoms with Crippen LogP contribution in [0.4, 0.5) is 4.79 Å². The van der Waals surface area contributed by atoms with E-state index in [2.05, 4.69) is 27.7 Å². The first-order valence-corrected chi connectivity index (χ1v) is 9.95. The van der Waals surface area contributed by atoms with E-state index >= 15 is 0 Å². The number of amides is 2. The monoisotopic (exact) mass is 351 g/mol. The zero-order valence-electron chi connectivity index (χ0n) is 14.5. The summed E-state index contributed by atoms with van der Waals surface area (Å²) in [6.07, 6.45) is 2.89. The minimum absolute atomic E-state index is 0.0409. The van der Waals surface area contributed by atoms with E-state index in [0.717, 1.165) is 52.0 Å². The van der Waals surface area contributed by atoms with E-state index in [1.54, 1.807) is 0 Å². The van der Waals surface area contributed by atoms with Crippen LogP contribution < -0.4 is 5.32 Å². The van der Waals surface area contributed by atoms with Crippen molar-refractivity contribution in [1.82, 2.24) is 15.1 Å². The van der Waals surface area contributed by atoms with Crippen molar-refractivity contribution in [3.8, 4) is 0 Å². The van der Waals surface area contributed by atoms with Crippen molar-refractivity contribution in [2.45, 2.75) is 38.8 Å². The Hall–Kier alpha value is -1.11. The van der Waals surface area contributed by atoms with Crippen LogP contribution >= 0.6 is 11.3 Å². The van der Waals surface area contributed by atoms with Crippen LogP contribution in [0.15, 0.2) is 17.5 Å². The number of aliphatic hydroxyl groups excluding tert-OH is 1. The Balaban J connectivity index is 1.34. The molecular formula is C18H29N3O2S. The second-order valence-electron chi connectivity index (χ2n) is 7.22. The van der Waals surface area contributed by atoms with Crippen molar-refractivity contribution in [3.05, 3.63) is 22.4 Å². The van der Waals surface area contributed by atoms with Gasteiger partial charge >= 0.3 is 6.03 Å². The van der Waals surface area contributed by atoms with Gasteiger partial charge in [-0.2, -0.15) is 0 Å². The standard InChI is InChI=1S/C18H29N3O2S/c1-14(22)16-6-9-21(12-16)18(23)19-11-15-4-7-20(8-5-15)13-17-3-2-10-24-17/h2-3,10,14-16,22H,4-9,11-13H2,1H3,(H,19,23). The highest BCUT2D eigenvalue weighted by Gasteiger charge is 2.29. The Bertz CT molecular complexity index is 512. The van der Waals surface area contributed by atoms with Crippen LogP contribution in [0.5, 0.6) is 0 Å². The number of piperidine rings is 1. The summed E-state index contributed by atoms with van der Waals surface area (Å²) in [5.41, 5.74) is 0. The van der Waals surface area contributed by atoms with Gasteiger partial charge in [0.15, 0.2) is 0 Å². The molecule has 0 spiro atoms. The Labute approximate surface area is 148 Å². The molecule has 2 saturated heterocycles. The molecule has 0 radical (unpaired) electrons. The summed E-state index contributed by atoms with van der Waals surface area (Å²) in [6, 6.07) is 4.36. The molecule has 1 aromatic heterocycles. The quantitative estimate of drug-likeness (QED) is 0.856. The van der Waals surface area contributed by atoms with E-state index in [1.165, 1.54) is 4.88 Å². The number of nitrogens with zero attached hydrogens (tertiary/aromatic N) is 2.